The fraction of sp³-hybridized carbons (Fsp3) is 0.400. The fourth-order valence-corrected chi connectivity index (χ4v) is 4.84. The van der Waals surface area contributed by atoms with E-state index in [4.69, 9.17) is 4.74 Å². The highest BCUT2D eigenvalue weighted by atomic mass is 19.1. The smallest absolute Gasteiger partial charge is 0.293 e. The Kier molecular flexibility index (Phi) is 8.49. The summed E-state index contributed by atoms with van der Waals surface area (Å²) in [5.74, 6) is 6.07. The zero-order valence-electron chi connectivity index (χ0n) is 21.3. The Hall–Kier alpha value is -3.51. The van der Waals surface area contributed by atoms with Crippen LogP contribution in [0.25, 0.3) is 0 Å². The normalized spacial score (nSPS) is 20.2. The summed E-state index contributed by atoms with van der Waals surface area (Å²) in [5.41, 5.74) is 3.96. The van der Waals surface area contributed by atoms with E-state index >= 15 is 0 Å². The number of nitrogens with one attached hydrogen (secondary N) is 2. The van der Waals surface area contributed by atoms with Crippen molar-refractivity contribution >= 4 is 0 Å². The molecule has 0 bridgehead atoms. The van der Waals surface area contributed by atoms with Crippen LogP contribution in [0, 0.1) is 11.8 Å². The van der Waals surface area contributed by atoms with Crippen LogP contribution < -0.4 is 10.9 Å². The molecule has 1 aliphatic carbocycles. The molecule has 5 rings (SSSR count). The zero-order chi connectivity index (χ0) is 26.3. The first-order valence-corrected chi connectivity index (χ1v) is 13.2. The van der Waals surface area contributed by atoms with Crippen LogP contribution in [0.1, 0.15) is 46.7 Å². The van der Waals surface area contributed by atoms with Gasteiger partial charge in [0, 0.05) is 55.7 Å². The predicted octanol–water partition coefficient (Wildman–Crippen LogP) is 3.12. The molecular formula is C30H33FN4O3. The summed E-state index contributed by atoms with van der Waals surface area (Å²) in [7, 11) is 0. The number of hydrogen-bond donors (Lipinski definition) is 3. The van der Waals surface area contributed by atoms with Crippen molar-refractivity contribution in [3.63, 3.8) is 0 Å². The van der Waals surface area contributed by atoms with E-state index in [1.807, 2.05) is 24.3 Å². The van der Waals surface area contributed by atoms with E-state index in [1.54, 1.807) is 0 Å². The first kappa shape index (κ1) is 26.1. The number of rotatable bonds is 8. The van der Waals surface area contributed by atoms with Gasteiger partial charge in [0.05, 0.1) is 25.2 Å². The second kappa shape index (κ2) is 12.4. The Bertz CT molecular complexity index is 1320. The van der Waals surface area contributed by atoms with Gasteiger partial charge in [0.2, 0.25) is 5.75 Å². The van der Waals surface area contributed by atoms with E-state index in [9.17, 15) is 14.3 Å². The molecule has 198 valence electrons. The van der Waals surface area contributed by atoms with Crippen LogP contribution in [0.15, 0.2) is 59.7 Å². The number of aromatic nitrogens is 2. The van der Waals surface area contributed by atoms with Crippen LogP contribution in [-0.2, 0) is 17.7 Å². The summed E-state index contributed by atoms with van der Waals surface area (Å²) in [6, 6.07) is 16.5. The van der Waals surface area contributed by atoms with E-state index in [0.717, 1.165) is 49.5 Å². The number of halogens is 1. The van der Waals surface area contributed by atoms with Gasteiger partial charge in [0.25, 0.3) is 5.56 Å². The largest absolute Gasteiger partial charge is 0.502 e. The Balaban J connectivity index is 1.24. The average Bonchev–Trinajstić information content (AvgIpc) is 2.92. The molecule has 0 amide bonds. The number of ether oxygens (including phenoxy) is 1. The van der Waals surface area contributed by atoms with E-state index in [2.05, 4.69) is 56.3 Å². The molecular weight excluding hydrogens is 483 g/mol. The number of nitrogens with zero attached hydrogens (tertiary/aromatic N) is 2. The van der Waals surface area contributed by atoms with Crippen molar-refractivity contribution in [2.75, 3.05) is 32.8 Å². The molecule has 2 heterocycles. The van der Waals surface area contributed by atoms with Crippen LogP contribution in [0.3, 0.4) is 0 Å². The molecule has 0 radical (unpaired) electrons. The Morgan fingerprint density at radius 2 is 1.74 bits per heavy atom. The lowest BCUT2D eigenvalue weighted by molar-refractivity contribution is 0.0342. The summed E-state index contributed by atoms with van der Waals surface area (Å²) in [5, 5.41) is 13.6. The zero-order valence-corrected chi connectivity index (χ0v) is 21.3. The van der Waals surface area contributed by atoms with E-state index in [1.165, 1.54) is 11.9 Å². The van der Waals surface area contributed by atoms with Gasteiger partial charge in [-0.1, -0.05) is 36.1 Å². The maximum atomic E-state index is 13.3. The standard InChI is InChI=1S/C30H33FN4O3/c31-26-16-27(17-26)32-18-25(15-28-29(36)30(37)34-20-33-28)24-9-7-22(8-10-24)2-1-21-3-5-23(6-4-21)19-35-11-13-38-14-12-35/h3-10,20,25-27,32,36H,11-19H2,(H,33,34,37)/t25-,26-,27-/m0/s1. The minimum Gasteiger partial charge on any atom is -0.502 e. The van der Waals surface area contributed by atoms with Crippen molar-refractivity contribution < 1.29 is 14.2 Å². The highest BCUT2D eigenvalue weighted by Crippen LogP contribution is 2.26. The van der Waals surface area contributed by atoms with Gasteiger partial charge < -0.3 is 20.1 Å². The maximum absolute atomic E-state index is 13.3. The summed E-state index contributed by atoms with van der Waals surface area (Å²) >= 11 is 0. The topological polar surface area (TPSA) is 90.5 Å². The molecule has 1 aromatic heterocycles. The molecule has 3 aromatic rings. The Labute approximate surface area is 222 Å². The predicted molar refractivity (Wildman–Crippen MR) is 144 cm³/mol. The SMILES string of the molecule is O=c1[nH]cnc(C[C@@H](CN[C@H]2C[C@H](F)C2)c2ccc(C#Cc3ccc(CN4CCOCC4)cc3)cc2)c1O. The lowest BCUT2D eigenvalue weighted by atomic mass is 9.88. The average molecular weight is 517 g/mol. The van der Waals surface area contributed by atoms with Gasteiger partial charge in [0.15, 0.2) is 0 Å². The summed E-state index contributed by atoms with van der Waals surface area (Å²) in [6.45, 7) is 5.04. The van der Waals surface area contributed by atoms with Crippen LogP contribution in [0.4, 0.5) is 4.39 Å². The molecule has 2 aliphatic rings. The quantitative estimate of drug-likeness (QED) is 0.399. The van der Waals surface area contributed by atoms with Crippen LogP contribution in [0.2, 0.25) is 0 Å². The van der Waals surface area contributed by atoms with Gasteiger partial charge in [-0.3, -0.25) is 9.69 Å². The number of aromatic hydroxyl groups is 1. The fourth-order valence-electron chi connectivity index (χ4n) is 4.84. The van der Waals surface area contributed by atoms with Crippen molar-refractivity contribution in [3.05, 3.63) is 93.2 Å². The summed E-state index contributed by atoms with van der Waals surface area (Å²) < 4.78 is 18.7. The number of morpholine rings is 1. The molecule has 2 aromatic carbocycles. The molecule has 8 heteroatoms. The molecule has 38 heavy (non-hydrogen) atoms. The third-order valence-corrected chi connectivity index (χ3v) is 7.27. The van der Waals surface area contributed by atoms with Crippen LogP contribution in [-0.4, -0.2) is 65.0 Å². The molecule has 0 unspecified atom stereocenters. The van der Waals surface area contributed by atoms with Gasteiger partial charge in [-0.2, -0.15) is 0 Å². The maximum Gasteiger partial charge on any atom is 0.293 e. The van der Waals surface area contributed by atoms with Crippen molar-refractivity contribution in [2.24, 2.45) is 0 Å². The first-order chi connectivity index (χ1) is 18.5. The second-order valence-electron chi connectivity index (χ2n) is 10.1. The van der Waals surface area contributed by atoms with E-state index in [-0.39, 0.29) is 17.7 Å². The minimum atomic E-state index is -0.733. The number of aromatic amines is 1. The lowest BCUT2D eigenvalue weighted by Gasteiger charge is -2.32. The van der Waals surface area contributed by atoms with Crippen molar-refractivity contribution in [1.82, 2.24) is 20.2 Å². The van der Waals surface area contributed by atoms with Crippen molar-refractivity contribution in [1.29, 1.82) is 0 Å². The molecule has 1 atom stereocenters. The highest BCUT2D eigenvalue weighted by Gasteiger charge is 2.29. The van der Waals surface area contributed by atoms with Crippen LogP contribution in [0.5, 0.6) is 5.75 Å². The molecule has 0 spiro atoms. The molecule has 1 saturated carbocycles. The number of H-pyrrole nitrogens is 1. The summed E-state index contributed by atoms with van der Waals surface area (Å²) in [6.07, 6.45) is 1.99. The van der Waals surface area contributed by atoms with Gasteiger partial charge >= 0.3 is 0 Å². The number of alkyl halides is 1. The molecule has 2 fully saturated rings. The van der Waals surface area contributed by atoms with Gasteiger partial charge in [0.1, 0.15) is 6.17 Å². The van der Waals surface area contributed by atoms with Crippen LogP contribution >= 0.6 is 0 Å². The third kappa shape index (κ3) is 6.87. The lowest BCUT2D eigenvalue weighted by Crippen LogP contribution is -2.44. The van der Waals surface area contributed by atoms with E-state index < -0.39 is 11.7 Å². The molecule has 3 N–H and O–H groups in total. The van der Waals surface area contributed by atoms with Gasteiger partial charge in [-0.25, -0.2) is 9.37 Å². The van der Waals surface area contributed by atoms with Gasteiger partial charge in [-0.05, 0) is 48.2 Å². The molecule has 1 aliphatic heterocycles. The molecule has 1 saturated heterocycles. The Morgan fingerprint density at radius 3 is 2.39 bits per heavy atom. The first-order valence-electron chi connectivity index (χ1n) is 13.2. The number of benzene rings is 2. The highest BCUT2D eigenvalue weighted by molar-refractivity contribution is 5.44. The Morgan fingerprint density at radius 1 is 1.08 bits per heavy atom. The van der Waals surface area contributed by atoms with Gasteiger partial charge in [-0.15, -0.1) is 0 Å². The third-order valence-electron chi connectivity index (χ3n) is 7.27. The number of hydrogen-bond acceptors (Lipinski definition) is 6. The second-order valence-corrected chi connectivity index (χ2v) is 10.1. The van der Waals surface area contributed by atoms with Crippen molar-refractivity contribution in [3.8, 4) is 17.6 Å². The minimum absolute atomic E-state index is 0.0464. The van der Waals surface area contributed by atoms with E-state index in [0.29, 0.717) is 31.5 Å². The van der Waals surface area contributed by atoms with Crippen molar-refractivity contribution in [2.45, 2.75) is 43.9 Å². The monoisotopic (exact) mass is 516 g/mol. The molecule has 7 nitrogen and oxygen atoms in total. The summed E-state index contributed by atoms with van der Waals surface area (Å²) in [4.78, 5) is 20.8.